The zero-order chi connectivity index (χ0) is 32.8. The second-order valence-corrected chi connectivity index (χ2v) is 9.98. The number of carbonyl (C=O) groups excluding carboxylic acids is 1. The molecule has 13 nitrogen and oxygen atoms in total. The van der Waals surface area contributed by atoms with Crippen LogP contribution in [0.5, 0.6) is 23.0 Å². The minimum Gasteiger partial charge on any atom is -0.493 e. The van der Waals surface area contributed by atoms with Gasteiger partial charge < -0.3 is 28.7 Å². The molecule has 1 aliphatic heterocycles. The highest BCUT2D eigenvalue weighted by atomic mass is 31.2. The van der Waals surface area contributed by atoms with Gasteiger partial charge in [0.05, 0.1) is 38.7 Å². The van der Waals surface area contributed by atoms with E-state index in [4.69, 9.17) is 24.4 Å². The van der Waals surface area contributed by atoms with Crippen LogP contribution in [0.3, 0.4) is 0 Å². The van der Waals surface area contributed by atoms with E-state index in [9.17, 15) is 23.5 Å². The molecule has 0 fully saturated rings. The predicted octanol–water partition coefficient (Wildman–Crippen LogP) is 2.79. The molecule has 2 aromatic heterocycles. The zero-order valence-electron chi connectivity index (χ0n) is 26.0. The van der Waals surface area contributed by atoms with Crippen molar-refractivity contribution >= 4 is 19.5 Å². The van der Waals surface area contributed by atoms with Crippen molar-refractivity contribution in [1.82, 2.24) is 15.0 Å². The van der Waals surface area contributed by atoms with Crippen molar-refractivity contribution < 1.29 is 52.5 Å². The van der Waals surface area contributed by atoms with Gasteiger partial charge in [-0.25, -0.2) is 23.9 Å². The van der Waals surface area contributed by atoms with Crippen LogP contribution in [-0.2, 0) is 26.7 Å². The zero-order valence-corrected chi connectivity index (χ0v) is 22.9. The van der Waals surface area contributed by atoms with Crippen molar-refractivity contribution in [3.8, 4) is 23.0 Å². The lowest BCUT2D eigenvalue weighted by Crippen LogP contribution is -2.53. The number of pyridine rings is 1. The van der Waals surface area contributed by atoms with Crippen LogP contribution in [0.1, 0.15) is 42.1 Å². The molecule has 0 unspecified atom stereocenters. The summed E-state index contributed by atoms with van der Waals surface area (Å²) in [7, 11) is -1.43. The van der Waals surface area contributed by atoms with Gasteiger partial charge in [0.25, 0.3) is 5.91 Å². The van der Waals surface area contributed by atoms with Crippen molar-refractivity contribution in [3.63, 3.8) is 0 Å². The van der Waals surface area contributed by atoms with E-state index in [-0.39, 0.29) is 70.7 Å². The summed E-state index contributed by atoms with van der Waals surface area (Å²) in [4.78, 5) is 44.4. The van der Waals surface area contributed by atoms with Crippen molar-refractivity contribution in [2.75, 3.05) is 32.9 Å². The Morgan fingerprint density at radius 2 is 1.80 bits per heavy atom. The van der Waals surface area contributed by atoms with Gasteiger partial charge in [0, 0.05) is 18.5 Å². The van der Waals surface area contributed by atoms with Crippen LogP contribution in [-0.4, -0.2) is 64.3 Å². The van der Waals surface area contributed by atoms with E-state index in [2.05, 4.69) is 19.5 Å². The molecule has 214 valence electrons. The van der Waals surface area contributed by atoms with Gasteiger partial charge in [-0.3, -0.25) is 14.2 Å². The first kappa shape index (κ1) is 24.0. The Hall–Kier alpha value is -3.84. The number of rotatable bonds is 10. The third-order valence-electron chi connectivity index (χ3n) is 5.55. The summed E-state index contributed by atoms with van der Waals surface area (Å²) in [6.45, 7) is -0.709. The van der Waals surface area contributed by atoms with E-state index >= 15 is 0 Å². The van der Waals surface area contributed by atoms with Gasteiger partial charge in [0.1, 0.15) is 12.5 Å². The fourth-order valence-electron chi connectivity index (χ4n) is 3.74. The summed E-state index contributed by atoms with van der Waals surface area (Å²) in [6.07, 6.45) is 0.402. The number of methoxy groups -OCH3 is 3. The van der Waals surface area contributed by atoms with Gasteiger partial charge in [0.15, 0.2) is 34.5 Å². The molecule has 1 aliphatic rings. The molecule has 0 atom stereocenters. The lowest BCUT2D eigenvalue weighted by atomic mass is 10.1. The lowest BCUT2D eigenvalue weighted by molar-refractivity contribution is -0.133. The largest absolute Gasteiger partial charge is 0.493 e. The summed E-state index contributed by atoms with van der Waals surface area (Å²) in [5.74, 6) is -2.32. The standard InChI is InChI=1S/C25H28FN4O9P/c1-25(2)24(31)30(13-38-40(32,33)34)23-18(39-25)7-6-15(28-23)11-17-16(26)12-27-21(29-17)10-14-8-19(35-3)22(37-5)20(9-14)36-4/h6-9,12H,10-11,13H2,1-5H3,(H2,32,33,34)/i8D,9D,13D2. The predicted molar refractivity (Wildman–Crippen MR) is 138 cm³/mol. The number of fused-ring (bicyclic) bond motifs is 1. The number of hydrogen-bond acceptors (Lipinski definition) is 10. The first-order chi connectivity index (χ1) is 20.4. The van der Waals surface area contributed by atoms with Crippen molar-refractivity contribution in [2.24, 2.45) is 0 Å². The van der Waals surface area contributed by atoms with E-state index in [0.29, 0.717) is 4.90 Å². The van der Waals surface area contributed by atoms with Crippen LogP contribution in [0, 0.1) is 5.82 Å². The minimum absolute atomic E-state index is 0.0167. The number of phosphoric ester groups is 1. The Balaban J connectivity index is 1.73. The second-order valence-electron chi connectivity index (χ2n) is 8.81. The van der Waals surface area contributed by atoms with Crippen LogP contribution in [0.4, 0.5) is 10.2 Å². The number of nitrogens with zero attached hydrogens (tertiary/aromatic N) is 4. The number of phosphoric acid groups is 1. The second kappa shape index (κ2) is 11.3. The van der Waals surface area contributed by atoms with Crippen molar-refractivity contribution in [2.45, 2.75) is 32.3 Å². The summed E-state index contributed by atoms with van der Waals surface area (Å²) in [5.41, 5.74) is -1.64. The third kappa shape index (κ3) is 6.31. The number of benzene rings is 1. The van der Waals surface area contributed by atoms with Gasteiger partial charge >= 0.3 is 7.82 Å². The van der Waals surface area contributed by atoms with Gasteiger partial charge in [-0.2, -0.15) is 0 Å². The average Bonchev–Trinajstić information content (AvgIpc) is 2.91. The van der Waals surface area contributed by atoms with E-state index in [1.54, 1.807) is 0 Å². The normalized spacial score (nSPS) is 16.2. The number of carbonyl (C=O) groups is 1. The lowest BCUT2D eigenvalue weighted by Gasteiger charge is -2.37. The number of anilines is 1. The Bertz CT molecular complexity index is 1640. The first-order valence-corrected chi connectivity index (χ1v) is 13.0. The Morgan fingerprint density at radius 3 is 2.40 bits per heavy atom. The molecule has 1 aromatic carbocycles. The molecular weight excluding hydrogens is 550 g/mol. The molecule has 4 rings (SSSR count). The highest BCUT2D eigenvalue weighted by Crippen LogP contribution is 2.41. The number of halogens is 1. The van der Waals surface area contributed by atoms with Crippen molar-refractivity contribution in [3.05, 3.63) is 59.0 Å². The topological polar surface area (TPSA) is 163 Å². The van der Waals surface area contributed by atoms with Crippen LogP contribution in [0.2, 0.25) is 0 Å². The third-order valence-corrected chi connectivity index (χ3v) is 5.87. The van der Waals surface area contributed by atoms with E-state index in [1.807, 2.05) is 0 Å². The molecule has 0 radical (unpaired) electrons. The summed E-state index contributed by atoms with van der Waals surface area (Å²) >= 11 is 0. The van der Waals surface area contributed by atoms with Gasteiger partial charge in [-0.05, 0) is 43.6 Å². The fourth-order valence-corrected chi connectivity index (χ4v) is 3.93. The maximum absolute atomic E-state index is 14.9. The Kier molecular flexibility index (Phi) is 6.80. The minimum atomic E-state index is -5.42. The van der Waals surface area contributed by atoms with Gasteiger partial charge in [-0.1, -0.05) is 0 Å². The highest BCUT2D eigenvalue weighted by molar-refractivity contribution is 7.46. The average molecular weight is 583 g/mol. The maximum Gasteiger partial charge on any atom is 0.471 e. The monoisotopic (exact) mass is 582 g/mol. The van der Waals surface area contributed by atoms with Crippen LogP contribution in [0.15, 0.2) is 30.4 Å². The van der Waals surface area contributed by atoms with E-state index in [0.717, 1.165) is 6.20 Å². The molecule has 3 aromatic rings. The number of ether oxygens (including phenoxy) is 4. The summed E-state index contributed by atoms with van der Waals surface area (Å²) < 4.78 is 85.4. The van der Waals surface area contributed by atoms with Crippen LogP contribution >= 0.6 is 7.82 Å². The van der Waals surface area contributed by atoms with Crippen LogP contribution in [0.25, 0.3) is 0 Å². The maximum atomic E-state index is 14.9. The molecule has 1 amide bonds. The number of aromatic nitrogens is 3. The quantitative estimate of drug-likeness (QED) is 0.337. The molecule has 0 bridgehead atoms. The molecular formula is C25H28FN4O9P. The molecule has 0 saturated carbocycles. The van der Waals surface area contributed by atoms with Crippen molar-refractivity contribution in [1.29, 1.82) is 0 Å². The van der Waals surface area contributed by atoms with E-state index < -0.39 is 37.6 Å². The first-order valence-electron chi connectivity index (χ1n) is 13.5. The van der Waals surface area contributed by atoms with E-state index in [1.165, 1.54) is 47.3 Å². The molecule has 15 heteroatoms. The molecule has 0 saturated heterocycles. The molecule has 40 heavy (non-hydrogen) atoms. The fraction of sp³-hybridized carbons (Fsp3) is 0.360. The molecule has 0 aliphatic carbocycles. The van der Waals surface area contributed by atoms with Gasteiger partial charge in [0.2, 0.25) is 5.75 Å². The van der Waals surface area contributed by atoms with Crippen LogP contribution < -0.4 is 23.8 Å². The smallest absolute Gasteiger partial charge is 0.471 e. The Morgan fingerprint density at radius 1 is 1.12 bits per heavy atom. The summed E-state index contributed by atoms with van der Waals surface area (Å²) in [5, 5.41) is 0. The molecule has 2 N–H and O–H groups in total. The number of amides is 1. The Labute approximate surface area is 234 Å². The summed E-state index contributed by atoms with van der Waals surface area (Å²) in [6, 6.07) is 2.38. The molecule has 0 spiro atoms. The number of hydrogen-bond donors (Lipinski definition) is 2. The van der Waals surface area contributed by atoms with Gasteiger partial charge in [-0.15, -0.1) is 0 Å². The highest BCUT2D eigenvalue weighted by Gasteiger charge is 2.42. The SMILES string of the molecule is [2H]c1c(Cc2ncc(F)c(Cc3ccc4c(n3)N(C([2H])([2H])OP(=O)(O)O)C(=O)C(C)(C)O4)n2)c([2H])c(OC)c(OC)c1OC. The molecule has 3 heterocycles.